The summed E-state index contributed by atoms with van der Waals surface area (Å²) >= 11 is 0. The lowest BCUT2D eigenvalue weighted by Gasteiger charge is -2.23. The number of hydrogen-bond donors (Lipinski definition) is 4. The molecule has 1 fully saturated rings. The fraction of sp³-hybridized carbons (Fsp3) is 0.261. The van der Waals surface area contributed by atoms with E-state index in [2.05, 4.69) is 20.9 Å². The molecule has 1 saturated heterocycles. The molecule has 0 unspecified atom stereocenters. The van der Waals surface area contributed by atoms with Crippen LogP contribution >= 0.6 is 0 Å². The van der Waals surface area contributed by atoms with Crippen LogP contribution in [0.1, 0.15) is 30.0 Å². The molecule has 31 heavy (non-hydrogen) atoms. The number of rotatable bonds is 4. The molecule has 5 rings (SSSR count). The van der Waals surface area contributed by atoms with Crippen molar-refractivity contribution in [3.63, 3.8) is 0 Å². The molecule has 0 aliphatic carbocycles. The number of aromatic nitrogens is 3. The molecule has 1 aliphatic heterocycles. The van der Waals surface area contributed by atoms with E-state index >= 15 is 0 Å². The molecule has 158 valence electrons. The summed E-state index contributed by atoms with van der Waals surface area (Å²) in [4.78, 5) is 27.9. The van der Waals surface area contributed by atoms with Gasteiger partial charge in [-0.3, -0.25) is 4.79 Å². The Bertz CT molecular complexity index is 1290. The molecule has 0 saturated carbocycles. The van der Waals surface area contributed by atoms with Crippen molar-refractivity contribution in [3.8, 4) is 0 Å². The van der Waals surface area contributed by atoms with Crippen LogP contribution in [0.3, 0.4) is 0 Å². The number of H-pyrrole nitrogens is 1. The van der Waals surface area contributed by atoms with Crippen LogP contribution in [0.4, 0.5) is 10.5 Å². The Morgan fingerprint density at radius 1 is 1.10 bits per heavy atom. The smallest absolute Gasteiger partial charge is 0.319 e. The van der Waals surface area contributed by atoms with Gasteiger partial charge in [-0.15, -0.1) is 0 Å². The molecule has 0 atom stereocenters. The minimum Gasteiger partial charge on any atom is -0.334 e. The number of piperidine rings is 1. The number of carbonyl (C=O) groups is 1. The van der Waals surface area contributed by atoms with Gasteiger partial charge in [0.05, 0.1) is 22.3 Å². The molecule has 3 heterocycles. The number of carbonyl (C=O) groups excluding carboxylic acids is 1. The van der Waals surface area contributed by atoms with Crippen LogP contribution in [0.15, 0.2) is 59.4 Å². The van der Waals surface area contributed by atoms with Crippen molar-refractivity contribution in [2.75, 3.05) is 18.4 Å². The Hall–Kier alpha value is -3.65. The number of hydrogen-bond acceptors (Lipinski definition) is 4. The lowest BCUT2D eigenvalue weighted by atomic mass is 9.94. The van der Waals surface area contributed by atoms with Crippen LogP contribution < -0.4 is 21.5 Å². The van der Waals surface area contributed by atoms with Gasteiger partial charge in [0, 0.05) is 18.5 Å². The van der Waals surface area contributed by atoms with Gasteiger partial charge in [0.15, 0.2) is 0 Å². The van der Waals surface area contributed by atoms with E-state index in [0.717, 1.165) is 48.1 Å². The number of aromatic amines is 1. The van der Waals surface area contributed by atoms with E-state index < -0.39 is 0 Å². The number of urea groups is 1. The molecular formula is C23H24N6O2. The highest BCUT2D eigenvalue weighted by Crippen LogP contribution is 2.30. The Labute approximate surface area is 178 Å². The van der Waals surface area contributed by atoms with E-state index in [1.54, 1.807) is 6.07 Å². The van der Waals surface area contributed by atoms with Gasteiger partial charge in [-0.2, -0.15) is 5.10 Å². The van der Waals surface area contributed by atoms with Gasteiger partial charge in [-0.1, -0.05) is 36.4 Å². The van der Waals surface area contributed by atoms with Crippen molar-refractivity contribution in [2.45, 2.75) is 25.3 Å². The monoisotopic (exact) mass is 416 g/mol. The van der Waals surface area contributed by atoms with Crippen molar-refractivity contribution in [3.05, 3.63) is 76.2 Å². The Kier molecular flexibility index (Phi) is 5.13. The maximum absolute atomic E-state index is 12.5. The van der Waals surface area contributed by atoms with Crippen molar-refractivity contribution < 1.29 is 4.79 Å². The number of nitrogens with one attached hydrogen (secondary N) is 4. The van der Waals surface area contributed by atoms with Gasteiger partial charge in [0.1, 0.15) is 5.65 Å². The van der Waals surface area contributed by atoms with Crippen LogP contribution in [0.2, 0.25) is 0 Å². The summed E-state index contributed by atoms with van der Waals surface area (Å²) in [5, 5.41) is 14.6. The summed E-state index contributed by atoms with van der Waals surface area (Å²) in [7, 11) is 0. The first kappa shape index (κ1) is 19.3. The number of fused-ring (bicyclic) bond motifs is 3. The molecule has 0 bridgehead atoms. The summed E-state index contributed by atoms with van der Waals surface area (Å²) in [6.45, 7) is 2.27. The average molecular weight is 416 g/mol. The summed E-state index contributed by atoms with van der Waals surface area (Å²) < 4.78 is 1.83. The topological polar surface area (TPSA) is 103 Å². The third kappa shape index (κ3) is 3.89. The van der Waals surface area contributed by atoms with Crippen LogP contribution in [-0.2, 0) is 6.54 Å². The minimum absolute atomic E-state index is 0.161. The van der Waals surface area contributed by atoms with E-state index in [4.69, 9.17) is 5.10 Å². The van der Waals surface area contributed by atoms with Gasteiger partial charge >= 0.3 is 6.03 Å². The molecule has 0 radical (unpaired) electrons. The lowest BCUT2D eigenvalue weighted by molar-refractivity contribution is 0.252. The molecule has 4 N–H and O–H groups in total. The summed E-state index contributed by atoms with van der Waals surface area (Å²) in [5.41, 5.74) is 3.70. The van der Waals surface area contributed by atoms with Gasteiger partial charge < -0.3 is 20.9 Å². The molecule has 8 heteroatoms. The molecule has 2 aromatic heterocycles. The second-order valence-electron chi connectivity index (χ2n) is 7.84. The molecule has 2 amide bonds. The fourth-order valence-electron chi connectivity index (χ4n) is 4.24. The number of nitrogens with zero attached hydrogens (tertiary/aromatic N) is 2. The quantitative estimate of drug-likeness (QED) is 0.411. The number of anilines is 1. The van der Waals surface area contributed by atoms with Crippen LogP contribution in [0, 0.1) is 0 Å². The number of benzene rings is 2. The van der Waals surface area contributed by atoms with Crippen LogP contribution in [0.5, 0.6) is 0 Å². The van der Waals surface area contributed by atoms with Gasteiger partial charge in [0.25, 0.3) is 5.56 Å². The predicted octanol–water partition coefficient (Wildman–Crippen LogP) is 2.96. The molecule has 2 aromatic carbocycles. The largest absolute Gasteiger partial charge is 0.334 e. The van der Waals surface area contributed by atoms with Crippen molar-refractivity contribution >= 4 is 28.3 Å². The second kappa shape index (κ2) is 8.23. The van der Waals surface area contributed by atoms with Crippen LogP contribution in [-0.4, -0.2) is 33.7 Å². The first-order valence-corrected chi connectivity index (χ1v) is 10.5. The third-order valence-electron chi connectivity index (χ3n) is 5.77. The van der Waals surface area contributed by atoms with Gasteiger partial charge in [0.2, 0.25) is 0 Å². The zero-order valence-corrected chi connectivity index (χ0v) is 17.0. The predicted molar refractivity (Wildman–Crippen MR) is 120 cm³/mol. The van der Waals surface area contributed by atoms with Crippen molar-refractivity contribution in [1.82, 2.24) is 25.2 Å². The normalized spacial score (nSPS) is 14.7. The zero-order valence-electron chi connectivity index (χ0n) is 17.0. The van der Waals surface area contributed by atoms with Crippen LogP contribution in [0.25, 0.3) is 16.6 Å². The van der Waals surface area contributed by atoms with E-state index in [1.807, 2.05) is 53.0 Å². The first-order chi connectivity index (χ1) is 15.2. The molecule has 0 spiro atoms. The molecule has 1 aliphatic rings. The van der Waals surface area contributed by atoms with Gasteiger partial charge in [-0.05, 0) is 43.6 Å². The second-order valence-corrected chi connectivity index (χ2v) is 7.84. The third-order valence-corrected chi connectivity index (χ3v) is 5.77. The Balaban J connectivity index is 1.49. The SMILES string of the molecule is O=C(NCc1ccccc1)Nc1cccc2nn3c(C4CCNCC4)cc(=O)[nH]c3c12. The van der Waals surface area contributed by atoms with Crippen molar-refractivity contribution in [2.24, 2.45) is 0 Å². The molecule has 8 nitrogen and oxygen atoms in total. The maximum atomic E-state index is 12.5. The highest BCUT2D eigenvalue weighted by Gasteiger charge is 2.21. The van der Waals surface area contributed by atoms with Gasteiger partial charge in [-0.25, -0.2) is 9.31 Å². The minimum atomic E-state index is -0.312. The fourth-order valence-corrected chi connectivity index (χ4v) is 4.24. The molecule has 4 aromatic rings. The Morgan fingerprint density at radius 2 is 1.90 bits per heavy atom. The molecular weight excluding hydrogens is 392 g/mol. The summed E-state index contributed by atoms with van der Waals surface area (Å²) in [5.74, 6) is 0.269. The Morgan fingerprint density at radius 3 is 2.71 bits per heavy atom. The highest BCUT2D eigenvalue weighted by atomic mass is 16.2. The first-order valence-electron chi connectivity index (χ1n) is 10.5. The summed E-state index contributed by atoms with van der Waals surface area (Å²) in [6, 6.07) is 16.6. The van der Waals surface area contributed by atoms with E-state index in [0.29, 0.717) is 17.9 Å². The number of amides is 2. The average Bonchev–Trinajstić information content (AvgIpc) is 3.18. The summed E-state index contributed by atoms with van der Waals surface area (Å²) in [6.07, 6.45) is 1.92. The van der Waals surface area contributed by atoms with E-state index in [-0.39, 0.29) is 17.5 Å². The standard InChI is InChI=1S/C23H24N6O2/c30-20-13-19(16-9-11-24-12-10-16)29-22(27-20)21-17(7-4-8-18(21)28-29)26-23(31)25-14-15-5-2-1-3-6-15/h1-8,13,16,24H,9-12,14H2,(H,27,30)(H2,25,26,31). The highest BCUT2D eigenvalue weighted by molar-refractivity contribution is 6.07. The maximum Gasteiger partial charge on any atom is 0.319 e. The lowest BCUT2D eigenvalue weighted by Crippen LogP contribution is -2.28. The van der Waals surface area contributed by atoms with E-state index in [9.17, 15) is 9.59 Å². The van der Waals surface area contributed by atoms with Crippen molar-refractivity contribution in [1.29, 1.82) is 0 Å². The zero-order chi connectivity index (χ0) is 21.2. The van der Waals surface area contributed by atoms with E-state index in [1.165, 1.54) is 0 Å².